The van der Waals surface area contributed by atoms with Gasteiger partial charge in [-0.3, -0.25) is 4.98 Å². The van der Waals surface area contributed by atoms with Crippen molar-refractivity contribution in [1.82, 2.24) is 4.98 Å². The Kier molecular flexibility index (Phi) is 4.53. The fraction of sp³-hybridized carbons (Fsp3) is 0.333. The lowest BCUT2D eigenvalue weighted by Gasteiger charge is -2.13. The van der Waals surface area contributed by atoms with Crippen LogP contribution in [-0.2, 0) is 13.0 Å². The summed E-state index contributed by atoms with van der Waals surface area (Å²) in [6.45, 7) is 0.0549. The van der Waals surface area contributed by atoms with Gasteiger partial charge >= 0.3 is 6.36 Å². The van der Waals surface area contributed by atoms with Crippen molar-refractivity contribution in [2.24, 2.45) is 5.73 Å². The van der Waals surface area contributed by atoms with Crippen molar-refractivity contribution in [3.63, 3.8) is 0 Å². The molecule has 2 N–H and O–H groups in total. The minimum Gasteiger partial charge on any atom is -0.403 e. The number of nitriles is 1. The predicted molar refractivity (Wildman–Crippen MR) is 60.8 cm³/mol. The van der Waals surface area contributed by atoms with Crippen LogP contribution in [0, 0.1) is 14.9 Å². The Morgan fingerprint density at radius 1 is 1.53 bits per heavy atom. The van der Waals surface area contributed by atoms with E-state index in [4.69, 9.17) is 11.0 Å². The van der Waals surface area contributed by atoms with E-state index in [0.29, 0.717) is 11.3 Å². The largest absolute Gasteiger partial charge is 0.573 e. The average molecular weight is 357 g/mol. The van der Waals surface area contributed by atoms with E-state index in [0.717, 1.165) is 6.20 Å². The molecular formula is C9H7F3IN3O. The molecule has 0 fully saturated rings. The molecule has 0 bridgehead atoms. The second-order valence-corrected chi connectivity index (χ2v) is 4.03. The van der Waals surface area contributed by atoms with E-state index in [2.05, 4.69) is 9.72 Å². The van der Waals surface area contributed by atoms with Gasteiger partial charge in [-0.05, 0) is 22.6 Å². The summed E-state index contributed by atoms with van der Waals surface area (Å²) in [5.41, 5.74) is 6.16. The Morgan fingerprint density at radius 3 is 2.65 bits per heavy atom. The molecule has 0 saturated carbocycles. The first kappa shape index (κ1) is 14.0. The normalized spacial score (nSPS) is 11.1. The van der Waals surface area contributed by atoms with Crippen LogP contribution in [-0.4, -0.2) is 11.3 Å². The standard InChI is InChI=1S/C9H7F3IN3O/c10-9(11,12)17-7-4-16-6(3-15)5(1-2-14)8(7)13/h4H,1,3,15H2. The van der Waals surface area contributed by atoms with E-state index in [-0.39, 0.29) is 16.5 Å². The molecule has 0 unspecified atom stereocenters. The van der Waals surface area contributed by atoms with Gasteiger partial charge in [0.2, 0.25) is 0 Å². The molecule has 1 aromatic heterocycles. The first-order valence-electron chi connectivity index (χ1n) is 4.38. The Hall–Kier alpha value is -1.08. The fourth-order valence-corrected chi connectivity index (χ4v) is 1.93. The zero-order chi connectivity index (χ0) is 13.1. The smallest absolute Gasteiger partial charge is 0.403 e. The summed E-state index contributed by atoms with van der Waals surface area (Å²) in [5, 5.41) is 8.60. The molecule has 0 aliphatic rings. The maximum absolute atomic E-state index is 12.1. The highest BCUT2D eigenvalue weighted by Gasteiger charge is 2.32. The summed E-state index contributed by atoms with van der Waals surface area (Å²) < 4.78 is 40.2. The van der Waals surface area contributed by atoms with E-state index in [9.17, 15) is 13.2 Å². The van der Waals surface area contributed by atoms with Gasteiger partial charge in [-0.25, -0.2) is 0 Å². The molecule has 1 heterocycles. The van der Waals surface area contributed by atoms with E-state index >= 15 is 0 Å². The fourth-order valence-electron chi connectivity index (χ4n) is 1.18. The van der Waals surface area contributed by atoms with E-state index < -0.39 is 12.1 Å². The highest BCUT2D eigenvalue weighted by Crippen LogP contribution is 2.30. The second-order valence-electron chi connectivity index (χ2n) is 2.95. The quantitative estimate of drug-likeness (QED) is 0.842. The van der Waals surface area contributed by atoms with Crippen molar-refractivity contribution >= 4 is 22.6 Å². The SMILES string of the molecule is N#CCc1c(CN)ncc(OC(F)(F)F)c1I. The molecule has 1 aromatic rings. The molecule has 4 nitrogen and oxygen atoms in total. The van der Waals surface area contributed by atoms with Crippen molar-refractivity contribution in [2.45, 2.75) is 19.3 Å². The van der Waals surface area contributed by atoms with Crippen molar-refractivity contribution in [1.29, 1.82) is 5.26 Å². The first-order chi connectivity index (χ1) is 7.89. The number of rotatable bonds is 3. The molecule has 17 heavy (non-hydrogen) atoms. The van der Waals surface area contributed by atoms with Crippen molar-refractivity contribution in [3.05, 3.63) is 21.0 Å². The first-order valence-corrected chi connectivity index (χ1v) is 5.46. The lowest BCUT2D eigenvalue weighted by molar-refractivity contribution is -0.275. The van der Waals surface area contributed by atoms with Crippen molar-refractivity contribution < 1.29 is 17.9 Å². The van der Waals surface area contributed by atoms with E-state index in [1.165, 1.54) is 0 Å². The third-order valence-electron chi connectivity index (χ3n) is 1.84. The van der Waals surface area contributed by atoms with Crippen LogP contribution in [0.15, 0.2) is 6.20 Å². The number of ether oxygens (including phenoxy) is 1. The van der Waals surface area contributed by atoms with Gasteiger partial charge in [0, 0.05) is 12.1 Å². The van der Waals surface area contributed by atoms with Gasteiger partial charge in [0.25, 0.3) is 0 Å². The molecule has 1 rings (SSSR count). The molecule has 0 atom stereocenters. The molecule has 0 aromatic carbocycles. The highest BCUT2D eigenvalue weighted by molar-refractivity contribution is 14.1. The Balaban J connectivity index is 3.19. The summed E-state index contributed by atoms with van der Waals surface area (Å²) in [5.74, 6) is -0.416. The summed E-state index contributed by atoms with van der Waals surface area (Å²) >= 11 is 1.68. The van der Waals surface area contributed by atoms with Crippen molar-refractivity contribution in [2.75, 3.05) is 0 Å². The van der Waals surface area contributed by atoms with Crippen LogP contribution < -0.4 is 10.5 Å². The zero-order valence-electron chi connectivity index (χ0n) is 8.38. The Morgan fingerprint density at radius 2 is 2.18 bits per heavy atom. The molecule has 0 saturated heterocycles. The number of hydrogen-bond acceptors (Lipinski definition) is 4. The topological polar surface area (TPSA) is 71.9 Å². The number of nitrogens with two attached hydrogens (primary N) is 1. The maximum atomic E-state index is 12.1. The minimum absolute atomic E-state index is 0.0549. The molecular weight excluding hydrogens is 350 g/mol. The average Bonchev–Trinajstić information content (AvgIpc) is 2.23. The highest BCUT2D eigenvalue weighted by atomic mass is 127. The number of halogens is 4. The van der Waals surface area contributed by atoms with Gasteiger partial charge in [0.15, 0.2) is 5.75 Å². The number of nitrogens with zero attached hydrogens (tertiary/aromatic N) is 2. The van der Waals surface area contributed by atoms with Crippen LogP contribution in [0.25, 0.3) is 0 Å². The molecule has 92 valence electrons. The molecule has 8 heteroatoms. The van der Waals surface area contributed by atoms with Gasteiger partial charge in [-0.2, -0.15) is 5.26 Å². The summed E-state index contributed by atoms with van der Waals surface area (Å²) in [4.78, 5) is 3.75. The van der Waals surface area contributed by atoms with Gasteiger partial charge in [0.1, 0.15) is 0 Å². The van der Waals surface area contributed by atoms with Crippen LogP contribution in [0.3, 0.4) is 0 Å². The van der Waals surface area contributed by atoms with Crippen LogP contribution >= 0.6 is 22.6 Å². The van der Waals surface area contributed by atoms with Gasteiger partial charge in [0.05, 0.1) is 28.0 Å². The third kappa shape index (κ3) is 3.71. The summed E-state index contributed by atoms with van der Waals surface area (Å²) in [6, 6.07) is 1.85. The van der Waals surface area contributed by atoms with Gasteiger partial charge in [-0.1, -0.05) is 0 Å². The van der Waals surface area contributed by atoms with Crippen LogP contribution in [0.4, 0.5) is 13.2 Å². The zero-order valence-corrected chi connectivity index (χ0v) is 10.5. The monoisotopic (exact) mass is 357 g/mol. The molecule has 0 aliphatic carbocycles. The molecule has 0 radical (unpaired) electrons. The maximum Gasteiger partial charge on any atom is 0.573 e. The minimum atomic E-state index is -4.78. The van der Waals surface area contributed by atoms with E-state index in [1.807, 2.05) is 6.07 Å². The molecule has 0 amide bonds. The second kappa shape index (κ2) is 5.50. The van der Waals surface area contributed by atoms with E-state index in [1.54, 1.807) is 22.6 Å². The lowest BCUT2D eigenvalue weighted by Crippen LogP contribution is -2.19. The summed E-state index contributed by atoms with van der Waals surface area (Å²) in [6.07, 6.45) is -3.89. The van der Waals surface area contributed by atoms with Gasteiger partial charge < -0.3 is 10.5 Å². The number of aromatic nitrogens is 1. The van der Waals surface area contributed by atoms with Crippen LogP contribution in [0.1, 0.15) is 11.3 Å². The van der Waals surface area contributed by atoms with Gasteiger partial charge in [-0.15, -0.1) is 13.2 Å². The lowest BCUT2D eigenvalue weighted by atomic mass is 10.1. The number of hydrogen-bond donors (Lipinski definition) is 1. The predicted octanol–water partition coefficient (Wildman–Crippen LogP) is 2.11. The third-order valence-corrected chi connectivity index (χ3v) is 3.02. The molecule has 0 aliphatic heterocycles. The van der Waals surface area contributed by atoms with Crippen molar-refractivity contribution in [3.8, 4) is 11.8 Å². The Bertz CT molecular complexity index is 456. The summed E-state index contributed by atoms with van der Waals surface area (Å²) in [7, 11) is 0. The number of alkyl halides is 3. The number of pyridine rings is 1. The van der Waals surface area contributed by atoms with Crippen LogP contribution in [0.5, 0.6) is 5.75 Å². The molecule has 0 spiro atoms. The van der Waals surface area contributed by atoms with Crippen LogP contribution in [0.2, 0.25) is 0 Å². The Labute approximate surface area is 109 Å².